The van der Waals surface area contributed by atoms with Gasteiger partial charge in [0.15, 0.2) is 17.3 Å². The van der Waals surface area contributed by atoms with E-state index in [1.54, 1.807) is 0 Å². The summed E-state index contributed by atoms with van der Waals surface area (Å²) in [6.07, 6.45) is 0. The number of benzene rings is 1. The molecule has 0 heterocycles. The fourth-order valence-electron chi connectivity index (χ4n) is 1.44. The van der Waals surface area contributed by atoms with Crippen molar-refractivity contribution in [2.45, 2.75) is 0 Å². The van der Waals surface area contributed by atoms with Crippen molar-refractivity contribution < 1.29 is 18.7 Å². The second kappa shape index (κ2) is 6.73. The number of primary amides is 1. The highest BCUT2D eigenvalue weighted by Gasteiger charge is 2.22. The zero-order chi connectivity index (χ0) is 16.0. The predicted octanol–water partition coefficient (Wildman–Crippen LogP) is 0.757. The van der Waals surface area contributed by atoms with Crippen LogP contribution in [-0.4, -0.2) is 25.8 Å². The molecule has 0 fully saturated rings. The van der Waals surface area contributed by atoms with Gasteiger partial charge in [0.25, 0.3) is 5.91 Å². The van der Waals surface area contributed by atoms with E-state index in [-0.39, 0.29) is 17.1 Å². The van der Waals surface area contributed by atoms with Crippen molar-refractivity contribution >= 4 is 17.3 Å². The summed E-state index contributed by atoms with van der Waals surface area (Å²) in [4.78, 5) is 11.4. The highest BCUT2D eigenvalue weighted by molar-refractivity contribution is 6.10. The van der Waals surface area contributed by atoms with Gasteiger partial charge in [-0.3, -0.25) is 10.2 Å². The maximum atomic E-state index is 14.3. The van der Waals surface area contributed by atoms with Gasteiger partial charge < -0.3 is 15.2 Å². The summed E-state index contributed by atoms with van der Waals surface area (Å²) < 4.78 is 24.0. The van der Waals surface area contributed by atoms with Gasteiger partial charge in [0.2, 0.25) is 5.71 Å². The lowest BCUT2D eigenvalue weighted by molar-refractivity contribution is 0.1000. The summed E-state index contributed by atoms with van der Waals surface area (Å²) in [5.74, 6) is -2.28. The Balaban J connectivity index is 3.49. The maximum Gasteiger partial charge on any atom is 0.251 e. The topological polar surface area (TPSA) is 134 Å². The predicted molar refractivity (Wildman–Crippen MR) is 70.3 cm³/mol. The molecule has 108 valence electrons. The summed E-state index contributed by atoms with van der Waals surface area (Å²) in [5, 5.41) is 20.5. The molecule has 21 heavy (non-hydrogen) atoms. The monoisotopic (exact) mass is 291 g/mol. The molecular formula is C12H10FN5O3. The molecule has 0 aliphatic heterocycles. The van der Waals surface area contributed by atoms with Crippen molar-refractivity contribution in [1.82, 2.24) is 0 Å². The standard InChI is InChI=1S/C12H10FN5O3/c1-20-8-3-7(12(16)19)10(9(13)11(8)21-2)18-17-6(4-14)5-15/h3,18H,1-2H3,(H2,16,19). The minimum atomic E-state index is -0.996. The third kappa shape index (κ3) is 3.16. The van der Waals surface area contributed by atoms with Crippen molar-refractivity contribution in [2.24, 2.45) is 10.8 Å². The number of halogens is 1. The second-order valence-electron chi connectivity index (χ2n) is 3.51. The Morgan fingerprint density at radius 2 is 2.00 bits per heavy atom. The van der Waals surface area contributed by atoms with Crippen molar-refractivity contribution in [3.05, 3.63) is 17.4 Å². The van der Waals surface area contributed by atoms with E-state index in [2.05, 4.69) is 10.5 Å². The molecule has 0 unspecified atom stereocenters. The second-order valence-corrected chi connectivity index (χ2v) is 3.51. The SMILES string of the molecule is COc1cc(C(N)=O)c(NN=C(C#N)C#N)c(F)c1OC. The normalized spacial score (nSPS) is 9.00. The average molecular weight is 291 g/mol. The number of nitriles is 2. The molecule has 0 bridgehead atoms. The molecule has 0 aliphatic carbocycles. The molecule has 0 radical (unpaired) electrons. The number of ether oxygens (including phenoxy) is 2. The van der Waals surface area contributed by atoms with Crippen LogP contribution >= 0.6 is 0 Å². The van der Waals surface area contributed by atoms with Crippen LogP contribution in [0.2, 0.25) is 0 Å². The van der Waals surface area contributed by atoms with Crippen LogP contribution in [0.15, 0.2) is 11.2 Å². The van der Waals surface area contributed by atoms with Crippen molar-refractivity contribution in [3.63, 3.8) is 0 Å². The Labute approximate surface area is 119 Å². The van der Waals surface area contributed by atoms with Gasteiger partial charge >= 0.3 is 0 Å². The molecule has 0 aliphatic rings. The van der Waals surface area contributed by atoms with Crippen molar-refractivity contribution in [3.8, 4) is 23.6 Å². The Kier molecular flexibility index (Phi) is 5.04. The Morgan fingerprint density at radius 3 is 2.43 bits per heavy atom. The third-order valence-electron chi connectivity index (χ3n) is 2.37. The van der Waals surface area contributed by atoms with Crippen LogP contribution in [0.3, 0.4) is 0 Å². The summed E-state index contributed by atoms with van der Waals surface area (Å²) >= 11 is 0. The number of carbonyl (C=O) groups excluding carboxylic acids is 1. The van der Waals surface area contributed by atoms with Crippen molar-refractivity contribution in [1.29, 1.82) is 10.5 Å². The van der Waals surface area contributed by atoms with Gasteiger partial charge in [-0.2, -0.15) is 15.6 Å². The van der Waals surface area contributed by atoms with Gasteiger partial charge in [-0.25, -0.2) is 4.39 Å². The summed E-state index contributed by atoms with van der Waals surface area (Å²) in [5.41, 5.74) is 6.01. The number of nitrogens with one attached hydrogen (secondary N) is 1. The highest BCUT2D eigenvalue weighted by Crippen LogP contribution is 2.37. The molecular weight excluding hydrogens is 281 g/mol. The highest BCUT2D eigenvalue weighted by atomic mass is 19.1. The van der Waals surface area contributed by atoms with Crippen LogP contribution < -0.4 is 20.6 Å². The number of nitrogens with zero attached hydrogens (tertiary/aromatic N) is 3. The molecule has 0 spiro atoms. The number of hydrogen-bond donors (Lipinski definition) is 2. The summed E-state index contributed by atoms with van der Waals surface area (Å²) in [6, 6.07) is 4.10. The minimum Gasteiger partial charge on any atom is -0.493 e. The smallest absolute Gasteiger partial charge is 0.251 e. The van der Waals surface area contributed by atoms with E-state index in [1.807, 2.05) is 0 Å². The van der Waals surface area contributed by atoms with Gasteiger partial charge in [0.05, 0.1) is 19.8 Å². The number of rotatable bonds is 5. The lowest BCUT2D eigenvalue weighted by Crippen LogP contribution is -2.15. The van der Waals surface area contributed by atoms with Gasteiger partial charge in [-0.1, -0.05) is 0 Å². The molecule has 1 rings (SSSR count). The van der Waals surface area contributed by atoms with E-state index >= 15 is 0 Å². The maximum absolute atomic E-state index is 14.3. The van der Waals surface area contributed by atoms with E-state index in [0.29, 0.717) is 0 Å². The number of nitrogens with two attached hydrogens (primary N) is 1. The van der Waals surface area contributed by atoms with Crippen LogP contribution in [0.5, 0.6) is 11.5 Å². The van der Waals surface area contributed by atoms with E-state index in [4.69, 9.17) is 25.7 Å². The number of hydrogen-bond acceptors (Lipinski definition) is 7. The van der Waals surface area contributed by atoms with Crippen LogP contribution in [0, 0.1) is 28.5 Å². The number of amides is 1. The Morgan fingerprint density at radius 1 is 1.38 bits per heavy atom. The van der Waals surface area contributed by atoms with Crippen LogP contribution in [-0.2, 0) is 0 Å². The molecule has 1 amide bonds. The lowest BCUT2D eigenvalue weighted by atomic mass is 10.1. The largest absolute Gasteiger partial charge is 0.493 e. The molecule has 3 N–H and O–H groups in total. The fraction of sp³-hybridized carbons (Fsp3) is 0.167. The first-order chi connectivity index (χ1) is 9.99. The summed E-state index contributed by atoms with van der Waals surface area (Å²) in [6.45, 7) is 0. The first-order valence-electron chi connectivity index (χ1n) is 5.38. The third-order valence-corrected chi connectivity index (χ3v) is 2.37. The molecule has 1 aromatic carbocycles. The zero-order valence-electron chi connectivity index (χ0n) is 11.1. The van der Waals surface area contributed by atoms with Gasteiger partial charge in [0.1, 0.15) is 17.8 Å². The van der Waals surface area contributed by atoms with E-state index in [0.717, 1.165) is 6.07 Å². The number of carbonyl (C=O) groups is 1. The fourth-order valence-corrected chi connectivity index (χ4v) is 1.44. The first-order valence-corrected chi connectivity index (χ1v) is 5.38. The number of methoxy groups -OCH3 is 2. The molecule has 0 atom stereocenters. The molecule has 0 saturated carbocycles. The minimum absolute atomic E-state index is 0.0425. The number of anilines is 1. The zero-order valence-corrected chi connectivity index (χ0v) is 11.1. The summed E-state index contributed by atoms with van der Waals surface area (Å²) in [7, 11) is 2.46. The molecule has 0 aromatic heterocycles. The average Bonchev–Trinajstić information content (AvgIpc) is 2.48. The Hall–Kier alpha value is -3.33. The molecule has 0 saturated heterocycles. The molecule has 8 nitrogen and oxygen atoms in total. The van der Waals surface area contributed by atoms with E-state index in [9.17, 15) is 9.18 Å². The number of hydrazone groups is 1. The first kappa shape index (κ1) is 15.7. The van der Waals surface area contributed by atoms with Gasteiger partial charge in [-0.15, -0.1) is 0 Å². The van der Waals surface area contributed by atoms with E-state index in [1.165, 1.54) is 26.4 Å². The van der Waals surface area contributed by atoms with E-state index < -0.39 is 23.1 Å². The van der Waals surface area contributed by atoms with Crippen molar-refractivity contribution in [2.75, 3.05) is 19.6 Å². The van der Waals surface area contributed by atoms with Gasteiger partial charge in [-0.05, 0) is 6.07 Å². The Bertz CT molecular complexity index is 672. The van der Waals surface area contributed by atoms with Crippen LogP contribution in [0.4, 0.5) is 10.1 Å². The van der Waals surface area contributed by atoms with Crippen LogP contribution in [0.1, 0.15) is 10.4 Å². The lowest BCUT2D eigenvalue weighted by Gasteiger charge is -2.14. The van der Waals surface area contributed by atoms with Gasteiger partial charge in [0, 0.05) is 0 Å². The molecule has 1 aromatic rings. The molecule has 9 heteroatoms. The van der Waals surface area contributed by atoms with Crippen LogP contribution in [0.25, 0.3) is 0 Å². The quantitative estimate of drug-likeness (QED) is 0.607.